The quantitative estimate of drug-likeness (QED) is 0.600. The van der Waals surface area contributed by atoms with E-state index >= 15 is 0 Å². The highest BCUT2D eigenvalue weighted by Gasteiger charge is 2.08. The highest BCUT2D eigenvalue weighted by atomic mass is 16.5. The molecule has 5 heteroatoms. The van der Waals surface area contributed by atoms with Gasteiger partial charge in [0.1, 0.15) is 16.8 Å². The van der Waals surface area contributed by atoms with Crippen LogP contribution in [0.3, 0.4) is 0 Å². The second kappa shape index (κ2) is 6.57. The molecule has 0 amide bonds. The average Bonchev–Trinajstić information content (AvgIpc) is 2.69. The second-order valence-electron chi connectivity index (χ2n) is 5.53. The van der Waals surface area contributed by atoms with Crippen molar-refractivity contribution >= 4 is 22.4 Å². The summed E-state index contributed by atoms with van der Waals surface area (Å²) in [6.45, 7) is 0. The lowest BCUT2D eigenvalue weighted by Crippen LogP contribution is -1.97. The zero-order chi connectivity index (χ0) is 17.1. The molecule has 0 bridgehead atoms. The van der Waals surface area contributed by atoms with Crippen LogP contribution < -0.4 is 10.1 Å². The van der Waals surface area contributed by atoms with E-state index in [2.05, 4.69) is 15.3 Å². The minimum absolute atomic E-state index is 0.748. The third kappa shape index (κ3) is 3.12. The Morgan fingerprint density at radius 1 is 0.880 bits per heavy atom. The van der Waals surface area contributed by atoms with Gasteiger partial charge < -0.3 is 10.1 Å². The topological polar surface area (TPSA) is 59.9 Å². The first kappa shape index (κ1) is 15.1. The van der Waals surface area contributed by atoms with Crippen molar-refractivity contribution in [2.45, 2.75) is 0 Å². The van der Waals surface area contributed by atoms with Crippen LogP contribution in [0.4, 0.5) is 11.4 Å². The molecule has 0 atom stereocenters. The van der Waals surface area contributed by atoms with Crippen LogP contribution in [0, 0.1) is 0 Å². The Bertz CT molecular complexity index is 1000. The Kier molecular flexibility index (Phi) is 3.96. The van der Waals surface area contributed by atoms with Crippen molar-refractivity contribution in [1.82, 2.24) is 15.0 Å². The Balaban J connectivity index is 1.75. The first-order valence-corrected chi connectivity index (χ1v) is 7.91. The number of rotatable bonds is 4. The van der Waals surface area contributed by atoms with Crippen LogP contribution in [0.15, 0.2) is 73.2 Å². The summed E-state index contributed by atoms with van der Waals surface area (Å²) in [6, 6.07) is 17.7. The van der Waals surface area contributed by atoms with E-state index in [-0.39, 0.29) is 0 Å². The van der Waals surface area contributed by atoms with Crippen molar-refractivity contribution in [3.8, 4) is 17.0 Å². The Labute approximate surface area is 145 Å². The number of benzene rings is 2. The Morgan fingerprint density at radius 3 is 2.44 bits per heavy atom. The minimum Gasteiger partial charge on any atom is -0.497 e. The van der Waals surface area contributed by atoms with Gasteiger partial charge in [0.05, 0.1) is 37.1 Å². The Hall–Kier alpha value is -3.47. The van der Waals surface area contributed by atoms with Gasteiger partial charge in [-0.3, -0.25) is 9.97 Å². The normalized spacial score (nSPS) is 10.6. The lowest BCUT2D eigenvalue weighted by atomic mass is 10.1. The molecular weight excluding hydrogens is 312 g/mol. The lowest BCUT2D eigenvalue weighted by Gasteiger charge is -2.10. The van der Waals surface area contributed by atoms with Crippen molar-refractivity contribution in [2.75, 3.05) is 12.4 Å². The molecule has 0 aliphatic heterocycles. The SMILES string of the molecule is COc1ccc(Nc2cncc3ncc(-c4ccccc4)nc23)cc1. The van der Waals surface area contributed by atoms with Gasteiger partial charge >= 0.3 is 0 Å². The predicted octanol–water partition coefficient (Wildman–Crippen LogP) is 4.44. The van der Waals surface area contributed by atoms with E-state index in [1.54, 1.807) is 25.7 Å². The van der Waals surface area contributed by atoms with E-state index < -0.39 is 0 Å². The van der Waals surface area contributed by atoms with Crippen LogP contribution >= 0.6 is 0 Å². The molecule has 2 heterocycles. The molecule has 0 aliphatic rings. The molecule has 1 N–H and O–H groups in total. The molecule has 4 aromatic rings. The first-order chi connectivity index (χ1) is 12.3. The third-order valence-corrected chi connectivity index (χ3v) is 3.89. The molecule has 4 rings (SSSR count). The van der Waals surface area contributed by atoms with Crippen molar-refractivity contribution in [1.29, 1.82) is 0 Å². The number of nitrogens with one attached hydrogen (secondary N) is 1. The molecule has 0 aliphatic carbocycles. The monoisotopic (exact) mass is 328 g/mol. The number of ether oxygens (including phenoxy) is 1. The number of methoxy groups -OCH3 is 1. The summed E-state index contributed by atoms with van der Waals surface area (Å²) in [4.78, 5) is 13.5. The highest BCUT2D eigenvalue weighted by molar-refractivity contribution is 5.89. The van der Waals surface area contributed by atoms with Crippen LogP contribution in [0.5, 0.6) is 5.75 Å². The smallest absolute Gasteiger partial charge is 0.119 e. The van der Waals surface area contributed by atoms with Crippen molar-refractivity contribution < 1.29 is 4.74 Å². The van der Waals surface area contributed by atoms with Crippen LogP contribution in [0.1, 0.15) is 0 Å². The summed E-state index contributed by atoms with van der Waals surface area (Å²) in [6.07, 6.45) is 5.25. The van der Waals surface area contributed by atoms with Crippen LogP contribution in [-0.2, 0) is 0 Å². The number of nitrogens with zero attached hydrogens (tertiary/aromatic N) is 3. The van der Waals surface area contributed by atoms with E-state index in [1.807, 2.05) is 54.6 Å². The fraction of sp³-hybridized carbons (Fsp3) is 0.0500. The molecule has 0 spiro atoms. The summed E-state index contributed by atoms with van der Waals surface area (Å²) >= 11 is 0. The fourth-order valence-electron chi connectivity index (χ4n) is 2.60. The molecule has 0 saturated carbocycles. The summed E-state index contributed by atoms with van der Waals surface area (Å²) in [5.74, 6) is 0.813. The molecule has 122 valence electrons. The van der Waals surface area contributed by atoms with Gasteiger partial charge in [-0.05, 0) is 24.3 Å². The van der Waals surface area contributed by atoms with Gasteiger partial charge in [0.15, 0.2) is 0 Å². The number of aromatic nitrogens is 3. The molecule has 0 fully saturated rings. The predicted molar refractivity (Wildman–Crippen MR) is 99.0 cm³/mol. The van der Waals surface area contributed by atoms with Crippen molar-refractivity contribution in [3.05, 3.63) is 73.2 Å². The molecule has 2 aromatic carbocycles. The van der Waals surface area contributed by atoms with Crippen LogP contribution in [-0.4, -0.2) is 22.1 Å². The summed E-state index contributed by atoms with van der Waals surface area (Å²) in [7, 11) is 1.65. The van der Waals surface area contributed by atoms with E-state index in [0.29, 0.717) is 0 Å². The zero-order valence-corrected chi connectivity index (χ0v) is 13.7. The maximum Gasteiger partial charge on any atom is 0.119 e. The van der Waals surface area contributed by atoms with E-state index in [0.717, 1.165) is 39.4 Å². The zero-order valence-electron chi connectivity index (χ0n) is 13.7. The van der Waals surface area contributed by atoms with Gasteiger partial charge in [-0.25, -0.2) is 4.98 Å². The largest absolute Gasteiger partial charge is 0.497 e. The van der Waals surface area contributed by atoms with Gasteiger partial charge in [-0.2, -0.15) is 0 Å². The average molecular weight is 328 g/mol. The molecule has 0 saturated heterocycles. The maximum absolute atomic E-state index is 5.19. The summed E-state index contributed by atoms with van der Waals surface area (Å²) in [5, 5.41) is 3.36. The minimum atomic E-state index is 0.748. The molecule has 0 radical (unpaired) electrons. The van der Waals surface area contributed by atoms with Crippen molar-refractivity contribution in [2.24, 2.45) is 0 Å². The van der Waals surface area contributed by atoms with Gasteiger partial charge in [-0.15, -0.1) is 0 Å². The van der Waals surface area contributed by atoms with E-state index in [1.165, 1.54) is 0 Å². The highest BCUT2D eigenvalue weighted by Crippen LogP contribution is 2.26. The molecule has 0 unspecified atom stereocenters. The van der Waals surface area contributed by atoms with Crippen molar-refractivity contribution in [3.63, 3.8) is 0 Å². The third-order valence-electron chi connectivity index (χ3n) is 3.89. The molecule has 25 heavy (non-hydrogen) atoms. The molecular formula is C20H16N4O. The summed E-state index contributed by atoms with van der Waals surface area (Å²) < 4.78 is 5.19. The molecule has 2 aromatic heterocycles. The first-order valence-electron chi connectivity index (χ1n) is 7.91. The van der Waals surface area contributed by atoms with Gasteiger partial charge in [0.2, 0.25) is 0 Å². The lowest BCUT2D eigenvalue weighted by molar-refractivity contribution is 0.415. The number of fused-ring (bicyclic) bond motifs is 1. The van der Waals surface area contributed by atoms with E-state index in [4.69, 9.17) is 9.72 Å². The number of hydrogen-bond donors (Lipinski definition) is 1. The second-order valence-corrected chi connectivity index (χ2v) is 5.53. The number of anilines is 2. The van der Waals surface area contributed by atoms with E-state index in [9.17, 15) is 0 Å². The fourth-order valence-corrected chi connectivity index (χ4v) is 2.60. The van der Waals surface area contributed by atoms with Crippen LogP contribution in [0.25, 0.3) is 22.3 Å². The molecule has 5 nitrogen and oxygen atoms in total. The van der Waals surface area contributed by atoms with Gasteiger partial charge in [0, 0.05) is 11.3 Å². The Morgan fingerprint density at radius 2 is 1.68 bits per heavy atom. The van der Waals surface area contributed by atoms with Crippen LogP contribution in [0.2, 0.25) is 0 Å². The summed E-state index contributed by atoms with van der Waals surface area (Å²) in [5.41, 5.74) is 5.14. The van der Waals surface area contributed by atoms with Gasteiger partial charge in [0.25, 0.3) is 0 Å². The van der Waals surface area contributed by atoms with Gasteiger partial charge in [-0.1, -0.05) is 30.3 Å². The standard InChI is InChI=1S/C20H16N4O/c1-25-16-9-7-15(8-10-16)23-19-12-21-11-18-20(19)24-17(13-22-18)14-5-3-2-4-6-14/h2-13,23H,1H3. The number of hydrogen-bond acceptors (Lipinski definition) is 5. The number of pyridine rings is 1. The maximum atomic E-state index is 5.19.